The fourth-order valence-corrected chi connectivity index (χ4v) is 4.02. The van der Waals surface area contributed by atoms with Gasteiger partial charge in [0.2, 0.25) is 0 Å². The number of rotatable bonds is 6. The molecule has 3 aromatic carbocycles. The number of anilines is 1. The summed E-state index contributed by atoms with van der Waals surface area (Å²) in [5.74, 6) is -0.426. The Hall–Kier alpha value is -3.93. The molecule has 1 heterocycles. The molecule has 0 bridgehead atoms. The zero-order valence-corrected chi connectivity index (χ0v) is 18.3. The first-order valence-corrected chi connectivity index (χ1v) is 10.5. The lowest BCUT2D eigenvalue weighted by molar-refractivity contribution is 0.0642. The largest absolute Gasteiger partial charge is 0.496 e. The maximum Gasteiger partial charge on any atom is 0.262 e. The van der Waals surface area contributed by atoms with Crippen molar-refractivity contribution in [3.8, 4) is 5.75 Å². The van der Waals surface area contributed by atoms with Crippen LogP contribution < -0.4 is 9.64 Å². The lowest BCUT2D eigenvalue weighted by atomic mass is 10.1. The number of carbonyl (C=O) groups is 3. The SMILES string of the molecule is CCN(C(=O)c1cc(CN2C(=O)c3ccccc3C2=O)ccc1OC)c1ccccc1C. The van der Waals surface area contributed by atoms with E-state index in [1.54, 1.807) is 47.4 Å². The topological polar surface area (TPSA) is 66.9 Å². The molecule has 162 valence electrons. The van der Waals surface area contributed by atoms with Crippen LogP contribution in [0.3, 0.4) is 0 Å². The Balaban J connectivity index is 1.66. The highest BCUT2D eigenvalue weighted by atomic mass is 16.5. The minimum Gasteiger partial charge on any atom is -0.496 e. The minimum absolute atomic E-state index is 0.0765. The standard InChI is InChI=1S/C26H24N2O4/c1-4-27(22-12-8-5-9-17(22)2)26(31)21-15-18(13-14-23(21)32-3)16-28-24(29)19-10-6-7-11-20(19)25(28)30/h5-15H,4,16H2,1-3H3. The summed E-state index contributed by atoms with van der Waals surface area (Å²) in [5, 5.41) is 0. The van der Waals surface area contributed by atoms with Gasteiger partial charge in [-0.3, -0.25) is 19.3 Å². The summed E-state index contributed by atoms with van der Waals surface area (Å²) in [4.78, 5) is 41.9. The highest BCUT2D eigenvalue weighted by Gasteiger charge is 2.35. The van der Waals surface area contributed by atoms with E-state index >= 15 is 0 Å². The number of aryl methyl sites for hydroxylation is 1. The van der Waals surface area contributed by atoms with E-state index in [2.05, 4.69) is 0 Å². The van der Waals surface area contributed by atoms with E-state index in [9.17, 15) is 14.4 Å². The molecule has 0 N–H and O–H groups in total. The van der Waals surface area contributed by atoms with E-state index < -0.39 is 0 Å². The molecule has 1 aliphatic rings. The van der Waals surface area contributed by atoms with Crippen LogP contribution in [0.4, 0.5) is 5.69 Å². The molecule has 0 unspecified atom stereocenters. The first kappa shape index (κ1) is 21.3. The van der Waals surface area contributed by atoms with Crippen molar-refractivity contribution in [3.63, 3.8) is 0 Å². The molecule has 0 aromatic heterocycles. The molecule has 0 saturated carbocycles. The number of ether oxygens (including phenoxy) is 1. The van der Waals surface area contributed by atoms with Crippen molar-refractivity contribution in [1.29, 1.82) is 0 Å². The first-order valence-electron chi connectivity index (χ1n) is 10.5. The molecule has 32 heavy (non-hydrogen) atoms. The van der Waals surface area contributed by atoms with Crippen LogP contribution in [0.25, 0.3) is 0 Å². The molecule has 0 aliphatic carbocycles. The average molecular weight is 428 g/mol. The summed E-state index contributed by atoms with van der Waals surface area (Å²) in [5.41, 5.74) is 3.67. The molecule has 3 aromatic rings. The average Bonchev–Trinajstić information content (AvgIpc) is 3.05. The molecular weight excluding hydrogens is 404 g/mol. The number of carbonyl (C=O) groups excluding carboxylic acids is 3. The van der Waals surface area contributed by atoms with Crippen molar-refractivity contribution >= 4 is 23.4 Å². The number of benzene rings is 3. The van der Waals surface area contributed by atoms with Crippen LogP contribution in [0.5, 0.6) is 5.75 Å². The third-order valence-corrected chi connectivity index (χ3v) is 5.68. The third kappa shape index (κ3) is 3.64. The molecule has 0 atom stereocenters. The Morgan fingerprint density at radius 3 is 2.16 bits per heavy atom. The second-order valence-corrected chi connectivity index (χ2v) is 7.61. The van der Waals surface area contributed by atoms with Crippen LogP contribution in [0.2, 0.25) is 0 Å². The van der Waals surface area contributed by atoms with E-state index in [0.29, 0.717) is 34.5 Å². The summed E-state index contributed by atoms with van der Waals surface area (Å²) in [6, 6.07) is 19.6. The van der Waals surface area contributed by atoms with Gasteiger partial charge < -0.3 is 9.64 Å². The Labute approximate surface area is 187 Å². The maximum absolute atomic E-state index is 13.5. The number of imide groups is 1. The zero-order chi connectivity index (χ0) is 22.8. The molecule has 1 aliphatic heterocycles. The Kier molecular flexibility index (Phi) is 5.77. The molecule has 6 nitrogen and oxygen atoms in total. The van der Waals surface area contributed by atoms with Gasteiger partial charge in [-0.25, -0.2) is 0 Å². The summed E-state index contributed by atoms with van der Waals surface area (Å²) in [7, 11) is 1.51. The van der Waals surface area contributed by atoms with Crippen molar-refractivity contribution in [2.24, 2.45) is 0 Å². The summed E-state index contributed by atoms with van der Waals surface area (Å²) >= 11 is 0. The quantitative estimate of drug-likeness (QED) is 0.544. The van der Waals surface area contributed by atoms with Crippen LogP contribution in [0.15, 0.2) is 66.7 Å². The van der Waals surface area contributed by atoms with Gasteiger partial charge in [0.05, 0.1) is 30.3 Å². The lowest BCUT2D eigenvalue weighted by Crippen LogP contribution is -2.32. The fourth-order valence-electron chi connectivity index (χ4n) is 4.02. The van der Waals surface area contributed by atoms with Gasteiger partial charge in [-0.2, -0.15) is 0 Å². The summed E-state index contributed by atoms with van der Waals surface area (Å²) in [6.07, 6.45) is 0. The van der Waals surface area contributed by atoms with E-state index in [1.807, 2.05) is 38.1 Å². The number of hydrogen-bond acceptors (Lipinski definition) is 4. The number of methoxy groups -OCH3 is 1. The van der Waals surface area contributed by atoms with Gasteiger partial charge in [0, 0.05) is 12.2 Å². The van der Waals surface area contributed by atoms with E-state index in [0.717, 1.165) is 11.3 Å². The van der Waals surface area contributed by atoms with Crippen molar-refractivity contribution in [2.75, 3.05) is 18.6 Å². The van der Waals surface area contributed by atoms with Crippen LogP contribution in [-0.4, -0.2) is 36.3 Å². The zero-order valence-electron chi connectivity index (χ0n) is 18.3. The Morgan fingerprint density at radius 1 is 0.938 bits per heavy atom. The van der Waals surface area contributed by atoms with Gasteiger partial charge in [-0.1, -0.05) is 36.4 Å². The fraction of sp³-hybridized carbons (Fsp3) is 0.192. The van der Waals surface area contributed by atoms with Crippen LogP contribution in [0.1, 0.15) is 49.1 Å². The van der Waals surface area contributed by atoms with Crippen LogP contribution >= 0.6 is 0 Å². The highest BCUT2D eigenvalue weighted by molar-refractivity contribution is 6.21. The van der Waals surface area contributed by atoms with E-state index in [-0.39, 0.29) is 24.3 Å². The van der Waals surface area contributed by atoms with Gasteiger partial charge in [-0.05, 0) is 55.3 Å². The Morgan fingerprint density at radius 2 is 1.56 bits per heavy atom. The normalized spacial score (nSPS) is 12.7. The molecule has 0 spiro atoms. The van der Waals surface area contributed by atoms with Gasteiger partial charge >= 0.3 is 0 Å². The third-order valence-electron chi connectivity index (χ3n) is 5.68. The number of hydrogen-bond donors (Lipinski definition) is 0. The van der Waals surface area contributed by atoms with Crippen molar-refractivity contribution in [3.05, 3.63) is 94.5 Å². The second-order valence-electron chi connectivity index (χ2n) is 7.61. The number of fused-ring (bicyclic) bond motifs is 1. The molecular formula is C26H24N2O4. The molecule has 4 rings (SSSR count). The van der Waals surface area contributed by atoms with Gasteiger partial charge in [0.25, 0.3) is 17.7 Å². The van der Waals surface area contributed by atoms with Gasteiger partial charge in [-0.15, -0.1) is 0 Å². The Bertz CT molecular complexity index is 1180. The van der Waals surface area contributed by atoms with Crippen LogP contribution in [0, 0.1) is 6.92 Å². The minimum atomic E-state index is -0.329. The smallest absolute Gasteiger partial charge is 0.262 e. The van der Waals surface area contributed by atoms with E-state index in [1.165, 1.54) is 12.0 Å². The van der Waals surface area contributed by atoms with Gasteiger partial charge in [0.15, 0.2) is 0 Å². The van der Waals surface area contributed by atoms with Crippen molar-refractivity contribution in [2.45, 2.75) is 20.4 Å². The summed E-state index contributed by atoms with van der Waals surface area (Å²) in [6.45, 7) is 4.43. The van der Waals surface area contributed by atoms with Crippen molar-refractivity contribution < 1.29 is 19.1 Å². The number of nitrogens with zero attached hydrogens (tertiary/aromatic N) is 2. The predicted octanol–water partition coefficient (Wildman–Crippen LogP) is 4.47. The van der Waals surface area contributed by atoms with E-state index in [4.69, 9.17) is 4.74 Å². The van der Waals surface area contributed by atoms with Gasteiger partial charge in [0.1, 0.15) is 5.75 Å². The lowest BCUT2D eigenvalue weighted by Gasteiger charge is -2.24. The molecule has 0 radical (unpaired) electrons. The molecule has 6 heteroatoms. The molecule has 0 fully saturated rings. The number of amides is 3. The molecule has 0 saturated heterocycles. The van der Waals surface area contributed by atoms with Crippen molar-refractivity contribution in [1.82, 2.24) is 4.90 Å². The predicted molar refractivity (Wildman–Crippen MR) is 122 cm³/mol. The summed E-state index contributed by atoms with van der Waals surface area (Å²) < 4.78 is 5.45. The first-order chi connectivity index (χ1) is 15.5. The maximum atomic E-state index is 13.5. The highest BCUT2D eigenvalue weighted by Crippen LogP contribution is 2.29. The monoisotopic (exact) mass is 428 g/mol. The van der Waals surface area contributed by atoms with Crippen LogP contribution in [-0.2, 0) is 6.54 Å². The number of para-hydroxylation sites is 1. The molecule has 3 amide bonds. The second kappa shape index (κ2) is 8.67.